The van der Waals surface area contributed by atoms with Crippen molar-refractivity contribution in [1.82, 2.24) is 0 Å². The Kier molecular flexibility index (Phi) is 5.91. The summed E-state index contributed by atoms with van der Waals surface area (Å²) in [4.78, 5) is 23.8. The molecule has 0 atom stereocenters. The molecule has 6 nitrogen and oxygen atoms in total. The van der Waals surface area contributed by atoms with Crippen LogP contribution in [0.4, 0.5) is 17.1 Å². The van der Waals surface area contributed by atoms with Crippen LogP contribution >= 0.6 is 0 Å². The van der Waals surface area contributed by atoms with E-state index >= 15 is 0 Å². The summed E-state index contributed by atoms with van der Waals surface area (Å²) in [5, 5.41) is 6.09. The first-order valence-electron chi connectivity index (χ1n) is 8.60. The van der Waals surface area contributed by atoms with Gasteiger partial charge in [0.05, 0.1) is 19.8 Å². The maximum atomic E-state index is 12.3. The first-order valence-corrected chi connectivity index (χ1v) is 8.60. The van der Waals surface area contributed by atoms with E-state index in [0.717, 1.165) is 11.4 Å². The molecule has 28 heavy (non-hydrogen) atoms. The number of rotatable bonds is 6. The van der Waals surface area contributed by atoms with Crippen molar-refractivity contribution in [3.8, 4) is 5.75 Å². The second-order valence-corrected chi connectivity index (χ2v) is 5.95. The summed E-state index contributed by atoms with van der Waals surface area (Å²) in [7, 11) is 2.93. The van der Waals surface area contributed by atoms with Crippen LogP contribution in [0, 0.1) is 0 Å². The maximum Gasteiger partial charge on any atom is 0.337 e. The van der Waals surface area contributed by atoms with Gasteiger partial charge in [0.2, 0.25) is 0 Å². The average Bonchev–Trinajstić information content (AvgIpc) is 2.75. The second kappa shape index (κ2) is 8.73. The lowest BCUT2D eigenvalue weighted by Gasteiger charge is -2.09. The van der Waals surface area contributed by atoms with Crippen LogP contribution in [0.3, 0.4) is 0 Å². The first-order chi connectivity index (χ1) is 13.6. The predicted octanol–water partition coefficient (Wildman–Crippen LogP) is 4.48. The van der Waals surface area contributed by atoms with Gasteiger partial charge in [-0.05, 0) is 72.8 Å². The zero-order valence-corrected chi connectivity index (χ0v) is 15.6. The molecule has 142 valence electrons. The normalized spacial score (nSPS) is 10.1. The summed E-state index contributed by atoms with van der Waals surface area (Å²) in [5.74, 6) is 0.136. The molecule has 0 aliphatic carbocycles. The average molecular weight is 376 g/mol. The fourth-order valence-corrected chi connectivity index (χ4v) is 2.56. The molecule has 0 heterocycles. The van der Waals surface area contributed by atoms with Gasteiger partial charge >= 0.3 is 5.97 Å². The third-order valence-corrected chi connectivity index (χ3v) is 4.09. The number of hydrogen-bond acceptors (Lipinski definition) is 5. The van der Waals surface area contributed by atoms with E-state index in [2.05, 4.69) is 15.4 Å². The number of benzene rings is 3. The quantitative estimate of drug-likeness (QED) is 0.621. The first kappa shape index (κ1) is 19.0. The molecule has 3 rings (SSSR count). The highest BCUT2D eigenvalue weighted by molar-refractivity contribution is 6.04. The fraction of sp³-hybridized carbons (Fsp3) is 0.0909. The number of ether oxygens (including phenoxy) is 2. The van der Waals surface area contributed by atoms with Crippen LogP contribution in [0.2, 0.25) is 0 Å². The van der Waals surface area contributed by atoms with Crippen LogP contribution in [-0.4, -0.2) is 26.1 Å². The molecule has 0 bridgehead atoms. The molecule has 0 spiro atoms. The van der Waals surface area contributed by atoms with E-state index in [1.807, 2.05) is 24.3 Å². The van der Waals surface area contributed by atoms with Gasteiger partial charge in [-0.1, -0.05) is 0 Å². The standard InChI is InChI=1S/C22H20N2O4/c1-27-20-13-5-15(6-14-20)21(25)24-19-11-9-18(10-12-19)23-17-7-3-16(4-8-17)22(26)28-2/h3-14,23H,1-2H3,(H,24,25). The van der Waals surface area contributed by atoms with Gasteiger partial charge < -0.3 is 20.1 Å². The minimum Gasteiger partial charge on any atom is -0.497 e. The molecule has 3 aromatic carbocycles. The van der Waals surface area contributed by atoms with Gasteiger partial charge in [0.15, 0.2) is 0 Å². The van der Waals surface area contributed by atoms with Crippen molar-refractivity contribution >= 4 is 28.9 Å². The Bertz CT molecular complexity index is 949. The van der Waals surface area contributed by atoms with Crippen molar-refractivity contribution in [2.45, 2.75) is 0 Å². The monoisotopic (exact) mass is 376 g/mol. The Labute approximate surface area is 163 Å². The lowest BCUT2D eigenvalue weighted by Crippen LogP contribution is -2.11. The molecule has 0 saturated carbocycles. The van der Waals surface area contributed by atoms with E-state index in [-0.39, 0.29) is 11.9 Å². The predicted molar refractivity (Wildman–Crippen MR) is 108 cm³/mol. The second-order valence-electron chi connectivity index (χ2n) is 5.95. The highest BCUT2D eigenvalue weighted by Crippen LogP contribution is 2.20. The van der Waals surface area contributed by atoms with Crippen LogP contribution in [0.15, 0.2) is 72.8 Å². The number of esters is 1. The Balaban J connectivity index is 1.61. The zero-order chi connectivity index (χ0) is 19.9. The lowest BCUT2D eigenvalue weighted by atomic mass is 10.2. The lowest BCUT2D eigenvalue weighted by molar-refractivity contribution is 0.0600. The molecular formula is C22H20N2O4. The van der Waals surface area contributed by atoms with Gasteiger partial charge in [-0.2, -0.15) is 0 Å². The molecule has 0 aromatic heterocycles. The summed E-state index contributed by atoms with van der Waals surface area (Å²) < 4.78 is 9.77. The Morgan fingerprint density at radius 2 is 1.18 bits per heavy atom. The molecule has 2 N–H and O–H groups in total. The van der Waals surface area contributed by atoms with E-state index in [1.165, 1.54) is 7.11 Å². The third kappa shape index (κ3) is 4.67. The van der Waals surface area contributed by atoms with Crippen molar-refractivity contribution < 1.29 is 19.1 Å². The molecule has 6 heteroatoms. The van der Waals surface area contributed by atoms with Gasteiger partial charge in [0.25, 0.3) is 5.91 Å². The number of nitrogens with one attached hydrogen (secondary N) is 2. The third-order valence-electron chi connectivity index (χ3n) is 4.09. The molecular weight excluding hydrogens is 356 g/mol. The van der Waals surface area contributed by atoms with Gasteiger partial charge in [-0.3, -0.25) is 4.79 Å². The van der Waals surface area contributed by atoms with Crippen LogP contribution < -0.4 is 15.4 Å². The molecule has 0 aliphatic rings. The van der Waals surface area contributed by atoms with Gasteiger partial charge in [0, 0.05) is 22.6 Å². The Morgan fingerprint density at radius 3 is 1.71 bits per heavy atom. The largest absolute Gasteiger partial charge is 0.497 e. The summed E-state index contributed by atoms with van der Waals surface area (Å²) in [6.07, 6.45) is 0. The summed E-state index contributed by atoms with van der Waals surface area (Å²) in [6, 6.07) is 21.2. The zero-order valence-electron chi connectivity index (χ0n) is 15.6. The Morgan fingerprint density at radius 1 is 0.679 bits per heavy atom. The van der Waals surface area contributed by atoms with Crippen LogP contribution in [0.1, 0.15) is 20.7 Å². The van der Waals surface area contributed by atoms with E-state index in [4.69, 9.17) is 4.74 Å². The van der Waals surface area contributed by atoms with E-state index in [0.29, 0.717) is 22.6 Å². The number of amides is 1. The van der Waals surface area contributed by atoms with Crippen molar-refractivity contribution in [2.75, 3.05) is 24.9 Å². The van der Waals surface area contributed by atoms with Crippen LogP contribution in [-0.2, 0) is 4.74 Å². The number of hydrogen-bond donors (Lipinski definition) is 2. The van der Waals surface area contributed by atoms with Crippen molar-refractivity contribution in [3.63, 3.8) is 0 Å². The summed E-state index contributed by atoms with van der Waals surface area (Å²) in [5.41, 5.74) is 3.42. The van der Waals surface area contributed by atoms with Gasteiger partial charge in [0.1, 0.15) is 5.75 Å². The van der Waals surface area contributed by atoms with Crippen molar-refractivity contribution in [3.05, 3.63) is 83.9 Å². The van der Waals surface area contributed by atoms with Crippen LogP contribution in [0.25, 0.3) is 0 Å². The van der Waals surface area contributed by atoms with E-state index in [9.17, 15) is 9.59 Å². The number of methoxy groups -OCH3 is 2. The fourth-order valence-electron chi connectivity index (χ4n) is 2.56. The number of anilines is 3. The Hall–Kier alpha value is -3.80. The topological polar surface area (TPSA) is 76.7 Å². The van der Waals surface area contributed by atoms with Gasteiger partial charge in [-0.25, -0.2) is 4.79 Å². The highest BCUT2D eigenvalue weighted by Gasteiger charge is 2.07. The maximum absolute atomic E-state index is 12.3. The molecule has 0 saturated heterocycles. The van der Waals surface area contributed by atoms with Crippen molar-refractivity contribution in [2.24, 2.45) is 0 Å². The molecule has 0 fully saturated rings. The molecule has 0 aliphatic heterocycles. The number of carbonyl (C=O) groups is 2. The smallest absolute Gasteiger partial charge is 0.337 e. The highest BCUT2D eigenvalue weighted by atomic mass is 16.5. The number of carbonyl (C=O) groups excluding carboxylic acids is 2. The molecule has 1 amide bonds. The minimum absolute atomic E-state index is 0.193. The van der Waals surface area contributed by atoms with Gasteiger partial charge in [-0.15, -0.1) is 0 Å². The SMILES string of the molecule is COC(=O)c1ccc(Nc2ccc(NC(=O)c3ccc(OC)cc3)cc2)cc1. The molecule has 0 radical (unpaired) electrons. The van der Waals surface area contributed by atoms with E-state index in [1.54, 1.807) is 55.6 Å². The summed E-state index contributed by atoms with van der Waals surface area (Å²) in [6.45, 7) is 0. The van der Waals surface area contributed by atoms with Crippen LogP contribution in [0.5, 0.6) is 5.75 Å². The molecule has 3 aromatic rings. The molecule has 0 unspecified atom stereocenters. The summed E-state index contributed by atoms with van der Waals surface area (Å²) >= 11 is 0. The minimum atomic E-state index is -0.372. The van der Waals surface area contributed by atoms with E-state index < -0.39 is 0 Å². The van der Waals surface area contributed by atoms with Crippen molar-refractivity contribution in [1.29, 1.82) is 0 Å².